The van der Waals surface area contributed by atoms with E-state index in [4.69, 9.17) is 16.3 Å². The summed E-state index contributed by atoms with van der Waals surface area (Å²) in [4.78, 5) is 4.46. The molecule has 0 N–H and O–H groups in total. The molecule has 0 aliphatic carbocycles. The molecule has 0 bridgehead atoms. The van der Waals surface area contributed by atoms with Crippen molar-refractivity contribution in [3.8, 4) is 5.88 Å². The molecular formula is C17H13BrClNO. The van der Waals surface area contributed by atoms with Gasteiger partial charge >= 0.3 is 0 Å². The first-order valence-corrected chi connectivity index (χ1v) is 7.71. The minimum absolute atomic E-state index is 0.470. The number of methoxy groups -OCH3 is 1. The molecule has 0 spiro atoms. The maximum atomic E-state index is 6.49. The second-order valence-electron chi connectivity index (χ2n) is 4.74. The van der Waals surface area contributed by atoms with Gasteiger partial charge in [-0.2, -0.15) is 0 Å². The molecule has 0 unspecified atom stereocenters. The number of aromatic nitrogens is 1. The lowest BCUT2D eigenvalue weighted by Crippen LogP contribution is -1.97. The van der Waals surface area contributed by atoms with E-state index in [-0.39, 0.29) is 0 Å². The van der Waals surface area contributed by atoms with Crippen molar-refractivity contribution < 1.29 is 4.74 Å². The van der Waals surface area contributed by atoms with E-state index < -0.39 is 0 Å². The molecule has 0 saturated heterocycles. The van der Waals surface area contributed by atoms with Crippen LogP contribution < -0.4 is 4.74 Å². The van der Waals surface area contributed by atoms with Crippen LogP contribution in [0.5, 0.6) is 5.88 Å². The van der Waals surface area contributed by atoms with E-state index in [9.17, 15) is 0 Å². The van der Waals surface area contributed by atoms with Gasteiger partial charge in [0.15, 0.2) is 0 Å². The van der Waals surface area contributed by atoms with Gasteiger partial charge in [0.25, 0.3) is 0 Å². The highest BCUT2D eigenvalue weighted by atomic mass is 79.9. The lowest BCUT2D eigenvalue weighted by molar-refractivity contribution is 0.399. The summed E-state index contributed by atoms with van der Waals surface area (Å²) in [6, 6.07) is 16.2. The number of benzene rings is 2. The van der Waals surface area contributed by atoms with Crippen LogP contribution in [0.15, 0.2) is 53.0 Å². The lowest BCUT2D eigenvalue weighted by Gasteiger charge is -2.12. The van der Waals surface area contributed by atoms with Crippen LogP contribution in [0, 0.1) is 0 Å². The fourth-order valence-electron chi connectivity index (χ4n) is 2.36. The Morgan fingerprint density at radius 2 is 1.90 bits per heavy atom. The number of rotatable bonds is 3. The van der Waals surface area contributed by atoms with E-state index in [2.05, 4.69) is 33.0 Å². The standard InChI is InChI=1S/C17H13BrClNO/c1-21-17-16(19)14(9-11-5-3-2-4-6-11)13-10-12(18)7-8-15(13)20-17/h2-8,10H,9H2,1H3. The van der Waals surface area contributed by atoms with Crippen molar-refractivity contribution in [3.05, 3.63) is 69.2 Å². The van der Waals surface area contributed by atoms with Gasteiger partial charge in [0.2, 0.25) is 5.88 Å². The molecule has 21 heavy (non-hydrogen) atoms. The third-order valence-corrected chi connectivity index (χ3v) is 4.26. The number of fused-ring (bicyclic) bond motifs is 1. The van der Waals surface area contributed by atoms with Crippen molar-refractivity contribution in [1.82, 2.24) is 4.98 Å². The normalized spacial score (nSPS) is 10.8. The van der Waals surface area contributed by atoms with Crippen LogP contribution in [-0.2, 0) is 6.42 Å². The van der Waals surface area contributed by atoms with Crippen molar-refractivity contribution in [2.45, 2.75) is 6.42 Å². The molecule has 0 fully saturated rings. The van der Waals surface area contributed by atoms with Crippen LogP contribution >= 0.6 is 27.5 Å². The Hall–Kier alpha value is -1.58. The highest BCUT2D eigenvalue weighted by Crippen LogP contribution is 2.35. The minimum atomic E-state index is 0.470. The van der Waals surface area contributed by atoms with E-state index >= 15 is 0 Å². The number of hydrogen-bond donors (Lipinski definition) is 0. The summed E-state index contributed by atoms with van der Waals surface area (Å²) < 4.78 is 6.31. The number of pyridine rings is 1. The van der Waals surface area contributed by atoms with Gasteiger partial charge in [-0.3, -0.25) is 0 Å². The first-order chi connectivity index (χ1) is 10.2. The molecule has 2 aromatic carbocycles. The summed E-state index contributed by atoms with van der Waals surface area (Å²) in [5.74, 6) is 0.470. The number of ether oxygens (including phenoxy) is 1. The van der Waals surface area contributed by atoms with Crippen LogP contribution in [0.3, 0.4) is 0 Å². The molecule has 0 atom stereocenters. The quantitative estimate of drug-likeness (QED) is 0.635. The fourth-order valence-corrected chi connectivity index (χ4v) is 3.01. The van der Waals surface area contributed by atoms with Gasteiger partial charge in [-0.1, -0.05) is 57.9 Å². The first-order valence-electron chi connectivity index (χ1n) is 6.54. The maximum Gasteiger partial charge on any atom is 0.233 e. The molecule has 106 valence electrons. The fraction of sp³-hybridized carbons (Fsp3) is 0.118. The van der Waals surface area contributed by atoms with Gasteiger partial charge in [0.1, 0.15) is 5.02 Å². The second-order valence-corrected chi connectivity index (χ2v) is 6.03. The Morgan fingerprint density at radius 1 is 1.14 bits per heavy atom. The zero-order valence-corrected chi connectivity index (χ0v) is 13.8. The summed E-state index contributed by atoms with van der Waals surface area (Å²) >= 11 is 10.00. The van der Waals surface area contributed by atoms with E-state index in [0.717, 1.165) is 27.4 Å². The maximum absolute atomic E-state index is 6.49. The molecule has 1 heterocycles. The second kappa shape index (κ2) is 6.04. The molecule has 3 aromatic rings. The predicted molar refractivity (Wildman–Crippen MR) is 90.3 cm³/mol. The zero-order chi connectivity index (χ0) is 14.8. The van der Waals surface area contributed by atoms with Crippen molar-refractivity contribution in [2.24, 2.45) is 0 Å². The Kier molecular flexibility index (Phi) is 4.13. The predicted octanol–water partition coefficient (Wildman–Crippen LogP) is 5.25. The zero-order valence-electron chi connectivity index (χ0n) is 11.4. The number of nitrogens with zero attached hydrogens (tertiary/aromatic N) is 1. The third-order valence-electron chi connectivity index (χ3n) is 3.38. The van der Waals surface area contributed by atoms with Gasteiger partial charge < -0.3 is 4.74 Å². The van der Waals surface area contributed by atoms with Crippen LogP contribution in [0.2, 0.25) is 5.02 Å². The van der Waals surface area contributed by atoms with Crippen LogP contribution in [0.1, 0.15) is 11.1 Å². The molecule has 2 nitrogen and oxygen atoms in total. The van der Waals surface area contributed by atoms with Crippen LogP contribution in [-0.4, -0.2) is 12.1 Å². The highest BCUT2D eigenvalue weighted by molar-refractivity contribution is 9.10. The minimum Gasteiger partial charge on any atom is -0.480 e. The van der Waals surface area contributed by atoms with Crippen molar-refractivity contribution in [3.63, 3.8) is 0 Å². The summed E-state index contributed by atoms with van der Waals surface area (Å²) in [5.41, 5.74) is 3.12. The molecule has 4 heteroatoms. The highest BCUT2D eigenvalue weighted by Gasteiger charge is 2.14. The Labute approximate surface area is 136 Å². The van der Waals surface area contributed by atoms with E-state index in [1.165, 1.54) is 5.56 Å². The Balaban J connectivity index is 2.22. The lowest BCUT2D eigenvalue weighted by atomic mass is 10.0. The molecule has 0 amide bonds. The Morgan fingerprint density at radius 3 is 2.62 bits per heavy atom. The van der Waals surface area contributed by atoms with Gasteiger partial charge in [-0.25, -0.2) is 4.98 Å². The van der Waals surface area contributed by atoms with Gasteiger partial charge in [-0.15, -0.1) is 0 Å². The molecule has 0 aliphatic heterocycles. The first kappa shape index (κ1) is 14.4. The summed E-state index contributed by atoms with van der Waals surface area (Å²) in [5, 5.41) is 1.62. The van der Waals surface area contributed by atoms with Crippen molar-refractivity contribution >= 4 is 38.4 Å². The van der Waals surface area contributed by atoms with Crippen LogP contribution in [0.25, 0.3) is 10.9 Å². The van der Waals surface area contributed by atoms with Crippen molar-refractivity contribution in [1.29, 1.82) is 0 Å². The average molecular weight is 363 g/mol. The van der Waals surface area contributed by atoms with E-state index in [0.29, 0.717) is 10.9 Å². The number of halogens is 2. The summed E-state index contributed by atoms with van der Waals surface area (Å²) in [7, 11) is 1.59. The number of hydrogen-bond acceptors (Lipinski definition) is 2. The van der Waals surface area contributed by atoms with Crippen molar-refractivity contribution in [2.75, 3.05) is 7.11 Å². The van der Waals surface area contributed by atoms with Gasteiger partial charge in [0.05, 0.1) is 12.6 Å². The topological polar surface area (TPSA) is 22.1 Å². The Bertz CT molecular complexity index is 790. The molecular weight excluding hydrogens is 350 g/mol. The van der Waals surface area contributed by atoms with Gasteiger partial charge in [0, 0.05) is 9.86 Å². The van der Waals surface area contributed by atoms with E-state index in [1.807, 2.05) is 36.4 Å². The molecule has 0 saturated carbocycles. The monoisotopic (exact) mass is 361 g/mol. The average Bonchev–Trinajstić information content (AvgIpc) is 2.51. The van der Waals surface area contributed by atoms with Crippen LogP contribution in [0.4, 0.5) is 0 Å². The molecule has 1 aromatic heterocycles. The van der Waals surface area contributed by atoms with Gasteiger partial charge in [-0.05, 0) is 35.7 Å². The summed E-state index contributed by atoms with van der Waals surface area (Å²) in [6.07, 6.45) is 0.742. The largest absolute Gasteiger partial charge is 0.480 e. The SMILES string of the molecule is COc1nc2ccc(Br)cc2c(Cc2ccccc2)c1Cl. The van der Waals surface area contributed by atoms with E-state index in [1.54, 1.807) is 7.11 Å². The summed E-state index contributed by atoms with van der Waals surface area (Å²) in [6.45, 7) is 0. The smallest absolute Gasteiger partial charge is 0.233 e. The molecule has 0 radical (unpaired) electrons. The molecule has 0 aliphatic rings. The third kappa shape index (κ3) is 2.89. The molecule has 3 rings (SSSR count).